The predicted octanol–water partition coefficient (Wildman–Crippen LogP) is 3.09. The third-order valence-electron chi connectivity index (χ3n) is 4.34. The van der Waals surface area contributed by atoms with Crippen molar-refractivity contribution in [3.8, 4) is 28.9 Å². The Morgan fingerprint density at radius 2 is 1.96 bits per heavy atom. The molecular formula is C19H16N4O2S. The van der Waals surface area contributed by atoms with Crippen LogP contribution in [0.2, 0.25) is 0 Å². The first kappa shape index (κ1) is 16.6. The van der Waals surface area contributed by atoms with Gasteiger partial charge in [-0.3, -0.25) is 0 Å². The lowest BCUT2D eigenvalue weighted by Gasteiger charge is -2.09. The van der Waals surface area contributed by atoms with Gasteiger partial charge in [0.05, 0.1) is 29.1 Å². The number of rotatable bonds is 4. The maximum Gasteiger partial charge on any atom is 0.223 e. The average molecular weight is 364 g/mol. The number of benzene rings is 1. The van der Waals surface area contributed by atoms with E-state index in [1.165, 1.54) is 4.68 Å². The van der Waals surface area contributed by atoms with Crippen LogP contribution in [0.15, 0.2) is 47.5 Å². The van der Waals surface area contributed by atoms with Crippen LogP contribution in [0.3, 0.4) is 0 Å². The fourth-order valence-corrected chi connectivity index (χ4v) is 4.12. The van der Waals surface area contributed by atoms with Crippen LogP contribution in [0.1, 0.15) is 24.1 Å². The van der Waals surface area contributed by atoms with E-state index >= 15 is 0 Å². The molecule has 4 rings (SSSR count). The van der Waals surface area contributed by atoms with E-state index < -0.39 is 11.2 Å². The number of hydrogen-bond acceptors (Lipinski definition) is 5. The molecule has 1 aliphatic carbocycles. The Balaban J connectivity index is 1.68. The van der Waals surface area contributed by atoms with Gasteiger partial charge in [0, 0.05) is 12.8 Å². The van der Waals surface area contributed by atoms with Crippen LogP contribution in [0.5, 0.6) is 5.88 Å². The second-order valence-electron chi connectivity index (χ2n) is 6.23. The second-order valence-corrected chi connectivity index (χ2v) is 7.97. The summed E-state index contributed by atoms with van der Waals surface area (Å²) in [5, 5.41) is 24.2. The molecule has 1 saturated carbocycles. The van der Waals surface area contributed by atoms with Gasteiger partial charge in [-0.05, 0) is 47.9 Å². The minimum Gasteiger partial charge on any atom is -0.611 e. The molecule has 130 valence electrons. The highest BCUT2D eigenvalue weighted by atomic mass is 32.2. The van der Waals surface area contributed by atoms with Crippen LogP contribution in [0.4, 0.5) is 0 Å². The molecule has 6 nitrogen and oxygen atoms in total. The van der Waals surface area contributed by atoms with Crippen molar-refractivity contribution in [2.24, 2.45) is 0 Å². The summed E-state index contributed by atoms with van der Waals surface area (Å²) in [7, 11) is 0. The minimum atomic E-state index is -1.01. The smallest absolute Gasteiger partial charge is 0.223 e. The van der Waals surface area contributed by atoms with Gasteiger partial charge in [0.25, 0.3) is 0 Å². The molecule has 1 fully saturated rings. The van der Waals surface area contributed by atoms with Gasteiger partial charge >= 0.3 is 0 Å². The molecular weight excluding hydrogens is 348 g/mol. The molecule has 3 aromatic rings. The van der Waals surface area contributed by atoms with Gasteiger partial charge in [-0.1, -0.05) is 12.1 Å². The molecule has 1 aliphatic rings. The maximum absolute atomic E-state index is 12.2. The largest absolute Gasteiger partial charge is 0.611 e. The average Bonchev–Trinajstić information content (AvgIpc) is 3.47. The highest BCUT2D eigenvalue weighted by Crippen LogP contribution is 2.35. The summed E-state index contributed by atoms with van der Waals surface area (Å²) in [5.41, 5.74) is 2.58. The van der Waals surface area contributed by atoms with Gasteiger partial charge in [0.2, 0.25) is 5.88 Å². The number of nitriles is 1. The van der Waals surface area contributed by atoms with E-state index in [0.717, 1.165) is 18.4 Å². The van der Waals surface area contributed by atoms with E-state index in [1.807, 2.05) is 0 Å². The lowest BCUT2D eigenvalue weighted by Crippen LogP contribution is -2.08. The summed E-state index contributed by atoms with van der Waals surface area (Å²) in [6, 6.07) is 12.5. The fourth-order valence-electron chi connectivity index (χ4n) is 2.82. The third kappa shape index (κ3) is 2.94. The SMILES string of the molecule is Cc1nn(-c2ccc([S@@+]([O-])C3CC3)cn2)c(O)c1-c1ccc(C#N)cc1. The van der Waals surface area contributed by atoms with Crippen molar-refractivity contribution in [2.45, 2.75) is 29.9 Å². The summed E-state index contributed by atoms with van der Waals surface area (Å²) in [6.07, 6.45) is 3.59. The quantitative estimate of drug-likeness (QED) is 0.717. The zero-order chi connectivity index (χ0) is 18.3. The molecule has 0 spiro atoms. The van der Waals surface area contributed by atoms with Crippen molar-refractivity contribution in [2.75, 3.05) is 0 Å². The van der Waals surface area contributed by atoms with Crippen molar-refractivity contribution in [1.82, 2.24) is 14.8 Å². The van der Waals surface area contributed by atoms with E-state index in [9.17, 15) is 9.66 Å². The standard InChI is InChI=1S/C19H16N4O2S/c1-12-18(14-4-2-13(10-20)3-5-14)19(24)23(22-12)17-9-8-16(11-21-17)26(25)15-6-7-15/h2-5,8-9,11,15,24H,6-7H2,1H3/t26-/m0/s1. The molecule has 2 aromatic heterocycles. The van der Waals surface area contributed by atoms with E-state index in [4.69, 9.17) is 5.26 Å². The normalized spacial score (nSPS) is 14.8. The summed E-state index contributed by atoms with van der Waals surface area (Å²) < 4.78 is 13.6. The highest BCUT2D eigenvalue weighted by molar-refractivity contribution is 7.92. The highest BCUT2D eigenvalue weighted by Gasteiger charge is 2.35. The molecule has 0 bridgehead atoms. The molecule has 1 aromatic carbocycles. The van der Waals surface area contributed by atoms with Gasteiger partial charge in [-0.2, -0.15) is 15.0 Å². The van der Waals surface area contributed by atoms with Crippen molar-refractivity contribution in [1.29, 1.82) is 5.26 Å². The molecule has 0 aliphatic heterocycles. The molecule has 26 heavy (non-hydrogen) atoms. The molecule has 1 N–H and O–H groups in total. The first-order valence-electron chi connectivity index (χ1n) is 8.24. The van der Waals surface area contributed by atoms with Gasteiger partial charge < -0.3 is 9.66 Å². The van der Waals surface area contributed by atoms with Crippen molar-refractivity contribution >= 4 is 11.2 Å². The Kier molecular flexibility index (Phi) is 4.15. The molecule has 0 radical (unpaired) electrons. The topological polar surface area (TPSA) is 97.8 Å². The summed E-state index contributed by atoms with van der Waals surface area (Å²) in [6.45, 7) is 1.81. The molecule has 1 atom stereocenters. The van der Waals surface area contributed by atoms with E-state index in [2.05, 4.69) is 16.2 Å². The Hall–Kier alpha value is -2.82. The monoisotopic (exact) mass is 364 g/mol. The fraction of sp³-hybridized carbons (Fsp3) is 0.211. The number of hydrogen-bond donors (Lipinski definition) is 1. The lowest BCUT2D eigenvalue weighted by molar-refractivity contribution is 0.433. The number of aromatic nitrogens is 3. The van der Waals surface area contributed by atoms with Crippen molar-refractivity contribution < 1.29 is 9.66 Å². The predicted molar refractivity (Wildman–Crippen MR) is 97.3 cm³/mol. The van der Waals surface area contributed by atoms with E-state index in [0.29, 0.717) is 27.5 Å². The zero-order valence-corrected chi connectivity index (χ0v) is 14.9. The van der Waals surface area contributed by atoms with Gasteiger partial charge in [0.15, 0.2) is 10.7 Å². The molecule has 0 unspecified atom stereocenters. The van der Waals surface area contributed by atoms with Gasteiger partial charge in [-0.15, -0.1) is 0 Å². The third-order valence-corrected chi connectivity index (χ3v) is 6.12. The van der Waals surface area contributed by atoms with Crippen molar-refractivity contribution in [3.05, 3.63) is 53.9 Å². The number of nitrogens with zero attached hydrogens (tertiary/aromatic N) is 4. The first-order chi connectivity index (χ1) is 12.6. The first-order valence-corrected chi connectivity index (χ1v) is 9.46. The Labute approximate surface area is 153 Å². The van der Waals surface area contributed by atoms with Gasteiger partial charge in [-0.25, -0.2) is 4.98 Å². The van der Waals surface area contributed by atoms with Crippen LogP contribution >= 0.6 is 0 Å². The maximum atomic E-state index is 12.2. The zero-order valence-electron chi connectivity index (χ0n) is 14.1. The molecule has 2 heterocycles. The Morgan fingerprint density at radius 1 is 1.23 bits per heavy atom. The number of aromatic hydroxyl groups is 1. The molecule has 0 amide bonds. The van der Waals surface area contributed by atoms with Crippen LogP contribution in [0, 0.1) is 18.3 Å². The van der Waals surface area contributed by atoms with Crippen LogP contribution in [-0.4, -0.2) is 29.7 Å². The van der Waals surface area contributed by atoms with Crippen LogP contribution in [0.25, 0.3) is 16.9 Å². The number of pyridine rings is 1. The minimum absolute atomic E-state index is 0.0178. The summed E-state index contributed by atoms with van der Waals surface area (Å²) in [4.78, 5) is 5.02. The second kappa shape index (κ2) is 6.48. The lowest BCUT2D eigenvalue weighted by atomic mass is 10.0. The number of aryl methyl sites for hydroxylation is 1. The Bertz CT molecular complexity index is 986. The Morgan fingerprint density at radius 3 is 2.54 bits per heavy atom. The van der Waals surface area contributed by atoms with E-state index in [1.54, 1.807) is 49.5 Å². The summed E-state index contributed by atoms with van der Waals surface area (Å²) >= 11 is -1.01. The van der Waals surface area contributed by atoms with Crippen molar-refractivity contribution in [3.63, 3.8) is 0 Å². The van der Waals surface area contributed by atoms with E-state index in [-0.39, 0.29) is 11.1 Å². The van der Waals surface area contributed by atoms with Crippen LogP contribution < -0.4 is 0 Å². The molecule has 7 heteroatoms. The van der Waals surface area contributed by atoms with Crippen LogP contribution in [-0.2, 0) is 11.2 Å². The van der Waals surface area contributed by atoms with Gasteiger partial charge in [0.1, 0.15) is 5.25 Å². The molecule has 0 saturated heterocycles. The summed E-state index contributed by atoms with van der Waals surface area (Å²) in [5.74, 6) is 0.442.